The van der Waals surface area contributed by atoms with Crippen LogP contribution in [0.1, 0.15) is 6.92 Å². The summed E-state index contributed by atoms with van der Waals surface area (Å²) in [5.41, 5.74) is 5.68. The van der Waals surface area contributed by atoms with Crippen LogP contribution < -0.4 is 15.8 Å². The molecule has 0 radical (unpaired) electrons. The lowest BCUT2D eigenvalue weighted by molar-refractivity contribution is -0.153. The van der Waals surface area contributed by atoms with E-state index in [9.17, 15) is 18.0 Å². The summed E-state index contributed by atoms with van der Waals surface area (Å²) in [5, 5.41) is 2.45. The van der Waals surface area contributed by atoms with E-state index in [0.29, 0.717) is 5.69 Å². The van der Waals surface area contributed by atoms with E-state index < -0.39 is 24.7 Å². The monoisotopic (exact) mass is 298 g/mol. The molecule has 0 aliphatic carbocycles. The first-order valence-electron chi connectivity index (χ1n) is 5.14. The lowest BCUT2D eigenvalue weighted by atomic mass is 10.2. The maximum Gasteiger partial charge on any atom is 0.422 e. The normalized spacial score (nSPS) is 12.3. The third-order valence-electron chi connectivity index (χ3n) is 1.92. The molecule has 0 saturated carbocycles. The predicted molar refractivity (Wildman–Crippen MR) is 67.5 cm³/mol. The highest BCUT2D eigenvalue weighted by atomic mass is 35.5. The molecule has 0 heterocycles. The molecule has 0 spiro atoms. The smallest absolute Gasteiger partial charge is 0.422 e. The number of halogens is 4. The third-order valence-corrected chi connectivity index (χ3v) is 1.92. The number of rotatable bonds is 4. The highest BCUT2D eigenvalue weighted by Crippen LogP contribution is 2.21. The second kappa shape index (κ2) is 7.20. The molecule has 3 N–H and O–H groups in total. The first-order chi connectivity index (χ1) is 8.28. The van der Waals surface area contributed by atoms with Gasteiger partial charge in [0.25, 0.3) is 0 Å². The van der Waals surface area contributed by atoms with Gasteiger partial charge in [0, 0.05) is 11.8 Å². The first kappa shape index (κ1) is 17.5. The molecule has 0 bridgehead atoms. The SMILES string of the molecule is C[C@@H](N)C(=O)Nc1cccc(OCC(F)(F)F)c1.Cl. The zero-order valence-corrected chi connectivity index (χ0v) is 10.8. The van der Waals surface area contributed by atoms with Gasteiger partial charge in [0.15, 0.2) is 6.61 Å². The molecule has 1 rings (SSSR count). The van der Waals surface area contributed by atoms with Crippen molar-refractivity contribution in [2.45, 2.75) is 19.1 Å². The number of carbonyl (C=O) groups is 1. The Morgan fingerprint density at radius 1 is 1.47 bits per heavy atom. The summed E-state index contributed by atoms with van der Waals surface area (Å²) in [7, 11) is 0. The van der Waals surface area contributed by atoms with E-state index in [1.165, 1.54) is 31.2 Å². The summed E-state index contributed by atoms with van der Waals surface area (Å²) < 4.78 is 40.4. The number of benzene rings is 1. The average molecular weight is 299 g/mol. The molecule has 19 heavy (non-hydrogen) atoms. The first-order valence-corrected chi connectivity index (χ1v) is 5.14. The molecule has 0 aliphatic rings. The van der Waals surface area contributed by atoms with Crippen LogP contribution in [0, 0.1) is 0 Å². The van der Waals surface area contributed by atoms with E-state index in [1.807, 2.05) is 0 Å². The standard InChI is InChI=1S/C11H13F3N2O2.ClH/c1-7(15)10(17)16-8-3-2-4-9(5-8)18-6-11(12,13)14;/h2-5,7H,6,15H2,1H3,(H,16,17);1H/t7-;/m1./s1. The van der Waals surface area contributed by atoms with Gasteiger partial charge in [-0.2, -0.15) is 13.2 Å². The highest BCUT2D eigenvalue weighted by Gasteiger charge is 2.28. The molecule has 1 aromatic carbocycles. The summed E-state index contributed by atoms with van der Waals surface area (Å²) >= 11 is 0. The van der Waals surface area contributed by atoms with Crippen molar-refractivity contribution in [2.24, 2.45) is 5.73 Å². The van der Waals surface area contributed by atoms with E-state index in [2.05, 4.69) is 10.1 Å². The minimum absolute atomic E-state index is 0. The lowest BCUT2D eigenvalue weighted by Gasteiger charge is -2.11. The van der Waals surface area contributed by atoms with Crippen LogP contribution in [0.25, 0.3) is 0 Å². The van der Waals surface area contributed by atoms with E-state index in [-0.39, 0.29) is 18.2 Å². The van der Waals surface area contributed by atoms with Gasteiger partial charge in [-0.3, -0.25) is 4.79 Å². The third kappa shape index (κ3) is 6.88. The molecular formula is C11H14ClF3N2O2. The quantitative estimate of drug-likeness (QED) is 0.897. The van der Waals surface area contributed by atoms with E-state index >= 15 is 0 Å². The van der Waals surface area contributed by atoms with Crippen LogP contribution in [0.5, 0.6) is 5.75 Å². The van der Waals surface area contributed by atoms with Gasteiger partial charge >= 0.3 is 6.18 Å². The number of anilines is 1. The Bertz CT molecular complexity index is 425. The Hall–Kier alpha value is -1.47. The molecule has 4 nitrogen and oxygen atoms in total. The van der Waals surface area contributed by atoms with Crippen molar-refractivity contribution < 1.29 is 22.7 Å². The fourth-order valence-corrected chi connectivity index (χ4v) is 1.08. The van der Waals surface area contributed by atoms with Gasteiger partial charge in [-0.1, -0.05) is 6.07 Å². The number of carbonyl (C=O) groups excluding carboxylic acids is 1. The minimum Gasteiger partial charge on any atom is -0.484 e. The molecule has 108 valence electrons. The van der Waals surface area contributed by atoms with Crippen molar-refractivity contribution in [3.05, 3.63) is 24.3 Å². The van der Waals surface area contributed by atoms with Crippen LogP contribution in [-0.4, -0.2) is 24.7 Å². The molecule has 1 aromatic rings. The largest absolute Gasteiger partial charge is 0.484 e. The molecule has 8 heteroatoms. The number of ether oxygens (including phenoxy) is 1. The Labute approximate surface area is 114 Å². The van der Waals surface area contributed by atoms with Crippen molar-refractivity contribution in [3.63, 3.8) is 0 Å². The maximum atomic E-state index is 11.9. The predicted octanol–water partition coefficient (Wildman–Crippen LogP) is 2.34. The average Bonchev–Trinajstić information content (AvgIpc) is 2.26. The molecule has 1 amide bonds. The van der Waals surface area contributed by atoms with Crippen molar-refractivity contribution in [2.75, 3.05) is 11.9 Å². The van der Waals surface area contributed by atoms with Crippen molar-refractivity contribution in [1.29, 1.82) is 0 Å². The zero-order valence-electron chi connectivity index (χ0n) is 10.0. The van der Waals surface area contributed by atoms with Gasteiger partial charge in [0.2, 0.25) is 5.91 Å². The van der Waals surface area contributed by atoms with Crippen molar-refractivity contribution >= 4 is 24.0 Å². The van der Waals surface area contributed by atoms with Gasteiger partial charge in [0.1, 0.15) is 5.75 Å². The van der Waals surface area contributed by atoms with Crippen molar-refractivity contribution in [3.8, 4) is 5.75 Å². The molecule has 0 fully saturated rings. The second-order valence-electron chi connectivity index (χ2n) is 3.71. The topological polar surface area (TPSA) is 64.4 Å². The summed E-state index contributed by atoms with van der Waals surface area (Å²) in [5.74, 6) is -0.405. The molecule has 0 saturated heterocycles. The molecule has 0 aromatic heterocycles. The maximum absolute atomic E-state index is 11.9. The van der Waals surface area contributed by atoms with Gasteiger partial charge < -0.3 is 15.8 Å². The lowest BCUT2D eigenvalue weighted by Crippen LogP contribution is -2.32. The van der Waals surface area contributed by atoms with Crippen LogP contribution in [0.15, 0.2) is 24.3 Å². The number of hydrogen-bond donors (Lipinski definition) is 2. The van der Waals surface area contributed by atoms with Gasteiger partial charge in [0.05, 0.1) is 6.04 Å². The van der Waals surface area contributed by atoms with E-state index in [0.717, 1.165) is 0 Å². The number of nitrogens with one attached hydrogen (secondary N) is 1. The Morgan fingerprint density at radius 2 is 2.11 bits per heavy atom. The van der Waals surface area contributed by atoms with Crippen LogP contribution in [0.4, 0.5) is 18.9 Å². The molecular weight excluding hydrogens is 285 g/mol. The van der Waals surface area contributed by atoms with E-state index in [4.69, 9.17) is 5.73 Å². The Kier molecular flexibility index (Phi) is 6.64. The summed E-state index contributed by atoms with van der Waals surface area (Å²) in [6.07, 6.45) is -4.40. The molecule has 0 unspecified atom stereocenters. The van der Waals surface area contributed by atoms with Gasteiger partial charge in [-0.25, -0.2) is 0 Å². The van der Waals surface area contributed by atoms with Gasteiger partial charge in [-0.15, -0.1) is 12.4 Å². The van der Waals surface area contributed by atoms with Crippen LogP contribution in [-0.2, 0) is 4.79 Å². The number of hydrogen-bond acceptors (Lipinski definition) is 3. The minimum atomic E-state index is -4.40. The fourth-order valence-electron chi connectivity index (χ4n) is 1.08. The van der Waals surface area contributed by atoms with Gasteiger partial charge in [-0.05, 0) is 19.1 Å². The fraction of sp³-hybridized carbons (Fsp3) is 0.364. The second-order valence-corrected chi connectivity index (χ2v) is 3.71. The zero-order chi connectivity index (χ0) is 13.8. The molecule has 0 aliphatic heterocycles. The Morgan fingerprint density at radius 3 is 2.63 bits per heavy atom. The highest BCUT2D eigenvalue weighted by molar-refractivity contribution is 5.94. The Balaban J connectivity index is 0.00000324. The summed E-state index contributed by atoms with van der Waals surface area (Å²) in [6.45, 7) is 0.122. The number of alkyl halides is 3. The van der Waals surface area contributed by atoms with Crippen LogP contribution in [0.2, 0.25) is 0 Å². The van der Waals surface area contributed by atoms with Crippen molar-refractivity contribution in [1.82, 2.24) is 0 Å². The van der Waals surface area contributed by atoms with Crippen LogP contribution >= 0.6 is 12.4 Å². The van der Waals surface area contributed by atoms with Crippen LogP contribution in [0.3, 0.4) is 0 Å². The summed E-state index contributed by atoms with van der Waals surface area (Å²) in [4.78, 5) is 11.3. The molecule has 1 atom stereocenters. The number of nitrogens with two attached hydrogens (primary N) is 1. The summed E-state index contributed by atoms with van der Waals surface area (Å²) in [6, 6.07) is 4.97. The van der Waals surface area contributed by atoms with E-state index in [1.54, 1.807) is 0 Å². The number of amides is 1.